The smallest absolute Gasteiger partial charge is 0.321 e. The lowest BCUT2D eigenvalue weighted by Crippen LogP contribution is -2.50. The number of fused-ring (bicyclic) bond motifs is 1. The Bertz CT molecular complexity index is 1500. The quantitative estimate of drug-likeness (QED) is 0.443. The molecule has 3 atom stereocenters. The molecule has 1 aliphatic heterocycles. The number of hydrogen-bond donors (Lipinski definition) is 2. The van der Waals surface area contributed by atoms with Crippen LogP contribution in [-0.4, -0.2) is 67.7 Å². The maximum absolute atomic E-state index is 14.1. The van der Waals surface area contributed by atoms with Crippen molar-refractivity contribution in [2.45, 2.75) is 30.9 Å². The van der Waals surface area contributed by atoms with Gasteiger partial charge in [0.15, 0.2) is 0 Å². The first-order valence-electron chi connectivity index (χ1n) is 12.6. The summed E-state index contributed by atoms with van der Waals surface area (Å²) in [5.74, 6) is -2.47. The zero-order valence-corrected chi connectivity index (χ0v) is 23.0. The zero-order valence-electron chi connectivity index (χ0n) is 22.1. The van der Waals surface area contributed by atoms with E-state index in [9.17, 15) is 31.5 Å². The molecule has 1 heterocycles. The minimum Gasteiger partial charge on any atom is -0.487 e. The molecule has 12 heteroatoms. The van der Waals surface area contributed by atoms with Crippen LogP contribution in [0.1, 0.15) is 13.8 Å². The van der Waals surface area contributed by atoms with Gasteiger partial charge in [0, 0.05) is 31.6 Å². The van der Waals surface area contributed by atoms with Crippen LogP contribution >= 0.6 is 0 Å². The third kappa shape index (κ3) is 6.24. The van der Waals surface area contributed by atoms with E-state index in [-0.39, 0.29) is 29.4 Å². The molecule has 0 aliphatic carbocycles. The van der Waals surface area contributed by atoms with Gasteiger partial charge in [0.2, 0.25) is 10.0 Å². The molecule has 0 unspecified atom stereocenters. The largest absolute Gasteiger partial charge is 0.487 e. The molecule has 0 saturated heterocycles. The van der Waals surface area contributed by atoms with E-state index in [1.54, 1.807) is 26.0 Å². The fourth-order valence-corrected chi connectivity index (χ4v) is 6.27. The van der Waals surface area contributed by atoms with E-state index in [0.29, 0.717) is 11.1 Å². The normalized spacial score (nSPS) is 19.5. The predicted molar refractivity (Wildman–Crippen MR) is 144 cm³/mol. The van der Waals surface area contributed by atoms with E-state index in [4.69, 9.17) is 4.74 Å². The van der Waals surface area contributed by atoms with Gasteiger partial charge < -0.3 is 20.1 Å². The number of aliphatic hydroxyl groups is 1. The molecule has 0 saturated carbocycles. The van der Waals surface area contributed by atoms with Crippen LogP contribution in [0.25, 0.3) is 11.1 Å². The van der Waals surface area contributed by atoms with E-state index >= 15 is 0 Å². The molecular formula is C28H30F3N3O5S. The van der Waals surface area contributed by atoms with Gasteiger partial charge in [0.05, 0.1) is 18.8 Å². The van der Waals surface area contributed by atoms with Gasteiger partial charge in [-0.25, -0.2) is 26.4 Å². The second-order valence-electron chi connectivity index (χ2n) is 9.85. The van der Waals surface area contributed by atoms with Crippen LogP contribution in [0.3, 0.4) is 0 Å². The summed E-state index contributed by atoms with van der Waals surface area (Å²) in [6.45, 7) is 2.84. The molecule has 4 rings (SSSR count). The van der Waals surface area contributed by atoms with Gasteiger partial charge in [-0.1, -0.05) is 25.1 Å². The molecular weight excluding hydrogens is 547 g/mol. The number of likely N-dealkylation sites (N-methyl/N-ethyl adjacent to an activating group) is 1. The Kier molecular flexibility index (Phi) is 8.71. The summed E-state index contributed by atoms with van der Waals surface area (Å²) in [6.07, 6.45) is -0.751. The number of benzene rings is 3. The monoisotopic (exact) mass is 577 g/mol. The van der Waals surface area contributed by atoms with Gasteiger partial charge in [-0.15, -0.1) is 0 Å². The van der Waals surface area contributed by atoms with Gasteiger partial charge >= 0.3 is 6.03 Å². The average Bonchev–Trinajstić information content (AvgIpc) is 2.91. The summed E-state index contributed by atoms with van der Waals surface area (Å²) in [7, 11) is -2.67. The van der Waals surface area contributed by atoms with Crippen molar-refractivity contribution >= 4 is 21.7 Å². The van der Waals surface area contributed by atoms with Gasteiger partial charge in [0.1, 0.15) is 34.2 Å². The highest BCUT2D eigenvalue weighted by Crippen LogP contribution is 2.36. The Labute approximate surface area is 231 Å². The molecule has 0 spiro atoms. The standard InChI is InChI=1S/C28H30F3N3O5S/c1-17-14-34(18(2)16-35)40(37,38)27-10-7-20(19-5-4-6-21(29)11-19)12-25(27)39-26(17)15-33(3)28(36)32-24-13-22(30)8-9-23(24)31/h4-13,17-18,26,35H,14-16H2,1-3H3,(H,32,36)/t17-,18+,26-/m0/s1. The Balaban J connectivity index is 1.69. The van der Waals surface area contributed by atoms with E-state index in [1.807, 2.05) is 0 Å². The molecule has 0 bridgehead atoms. The van der Waals surface area contributed by atoms with Crippen LogP contribution in [-0.2, 0) is 10.0 Å². The number of halogens is 3. The third-order valence-corrected chi connectivity index (χ3v) is 8.82. The summed E-state index contributed by atoms with van der Waals surface area (Å²) in [6, 6.07) is 11.4. The van der Waals surface area contributed by atoms with Gasteiger partial charge in [-0.3, -0.25) is 0 Å². The minimum absolute atomic E-state index is 0.00145. The van der Waals surface area contributed by atoms with Crippen LogP contribution in [0.4, 0.5) is 23.7 Å². The number of aliphatic hydroxyl groups excluding tert-OH is 1. The SMILES string of the molecule is C[C@H](CO)N1C[C@H](C)[C@H](CN(C)C(=O)Nc2cc(F)ccc2F)Oc2cc(-c3cccc(F)c3)ccc2S1(=O)=O. The Morgan fingerprint density at radius 2 is 1.80 bits per heavy atom. The van der Waals surface area contributed by atoms with Crippen LogP contribution in [0, 0.1) is 23.4 Å². The van der Waals surface area contributed by atoms with Crippen molar-refractivity contribution in [2.75, 3.05) is 32.1 Å². The molecule has 3 aromatic rings. The second-order valence-corrected chi connectivity index (χ2v) is 11.7. The number of anilines is 1. The lowest BCUT2D eigenvalue weighted by molar-refractivity contribution is 0.0830. The first-order valence-corrected chi connectivity index (χ1v) is 14.0. The number of carbonyl (C=O) groups excluding carboxylic acids is 1. The number of carbonyl (C=O) groups is 1. The summed E-state index contributed by atoms with van der Waals surface area (Å²) in [5.41, 5.74) is 0.683. The summed E-state index contributed by atoms with van der Waals surface area (Å²) in [5, 5.41) is 12.1. The molecule has 1 aliphatic rings. The number of ether oxygens (including phenoxy) is 1. The van der Waals surface area contributed by atoms with Crippen LogP contribution < -0.4 is 10.1 Å². The van der Waals surface area contributed by atoms with Crippen LogP contribution in [0.5, 0.6) is 5.75 Å². The third-order valence-electron chi connectivity index (χ3n) is 6.80. The number of nitrogens with one attached hydrogen (secondary N) is 1. The highest BCUT2D eigenvalue weighted by atomic mass is 32.2. The number of hydrogen-bond acceptors (Lipinski definition) is 5. The molecule has 214 valence electrons. The van der Waals surface area contributed by atoms with Gasteiger partial charge in [-0.05, 0) is 54.4 Å². The van der Waals surface area contributed by atoms with Crippen molar-refractivity contribution in [1.29, 1.82) is 0 Å². The van der Waals surface area contributed by atoms with Crippen molar-refractivity contribution in [2.24, 2.45) is 5.92 Å². The molecule has 0 radical (unpaired) electrons. The van der Waals surface area contributed by atoms with Crippen molar-refractivity contribution in [3.05, 3.63) is 78.1 Å². The van der Waals surface area contributed by atoms with E-state index in [0.717, 1.165) is 18.2 Å². The lowest BCUT2D eigenvalue weighted by Gasteiger charge is -2.37. The Morgan fingerprint density at radius 3 is 2.50 bits per heavy atom. The number of sulfonamides is 1. The number of amides is 2. The number of nitrogens with zero attached hydrogens (tertiary/aromatic N) is 2. The molecule has 0 fully saturated rings. The molecule has 0 aromatic heterocycles. The summed E-state index contributed by atoms with van der Waals surface area (Å²) in [4.78, 5) is 13.9. The first-order chi connectivity index (χ1) is 18.9. The van der Waals surface area contributed by atoms with Crippen molar-refractivity contribution in [3.8, 4) is 16.9 Å². The predicted octanol–water partition coefficient (Wildman–Crippen LogP) is 4.70. The number of urea groups is 1. The summed E-state index contributed by atoms with van der Waals surface area (Å²) < 4.78 is 76.3. The van der Waals surface area contributed by atoms with Gasteiger partial charge in [-0.2, -0.15) is 4.31 Å². The maximum Gasteiger partial charge on any atom is 0.321 e. The van der Waals surface area contributed by atoms with E-state index in [1.165, 1.54) is 46.6 Å². The summed E-state index contributed by atoms with van der Waals surface area (Å²) >= 11 is 0. The maximum atomic E-state index is 14.1. The topological polar surface area (TPSA) is 99.2 Å². The average molecular weight is 578 g/mol. The van der Waals surface area contributed by atoms with E-state index in [2.05, 4.69) is 5.32 Å². The molecule has 3 aromatic carbocycles. The highest BCUT2D eigenvalue weighted by Gasteiger charge is 2.38. The molecule has 2 amide bonds. The van der Waals surface area contributed by atoms with E-state index < -0.39 is 58.2 Å². The first kappa shape index (κ1) is 29.4. The highest BCUT2D eigenvalue weighted by molar-refractivity contribution is 7.89. The minimum atomic E-state index is -4.11. The zero-order chi connectivity index (χ0) is 29.2. The Morgan fingerprint density at radius 1 is 1.10 bits per heavy atom. The fourth-order valence-electron chi connectivity index (χ4n) is 4.45. The molecule has 2 N–H and O–H groups in total. The van der Waals surface area contributed by atoms with Crippen molar-refractivity contribution < 1.29 is 36.2 Å². The van der Waals surface area contributed by atoms with Crippen LogP contribution in [0.15, 0.2) is 65.6 Å². The molecule has 8 nitrogen and oxygen atoms in total. The fraction of sp³-hybridized carbons (Fsp3) is 0.321. The number of rotatable bonds is 6. The lowest BCUT2D eigenvalue weighted by atomic mass is 10.0. The molecule has 40 heavy (non-hydrogen) atoms. The van der Waals surface area contributed by atoms with Gasteiger partial charge in [0.25, 0.3) is 0 Å². The van der Waals surface area contributed by atoms with Crippen molar-refractivity contribution in [1.82, 2.24) is 9.21 Å². The Hall–Kier alpha value is -3.61. The van der Waals surface area contributed by atoms with Crippen LogP contribution in [0.2, 0.25) is 0 Å². The second kappa shape index (κ2) is 11.9. The van der Waals surface area contributed by atoms with Crippen molar-refractivity contribution in [3.63, 3.8) is 0 Å².